The average molecular weight is 543 g/mol. The van der Waals surface area contributed by atoms with Gasteiger partial charge < -0.3 is 14.5 Å². The van der Waals surface area contributed by atoms with Crippen LogP contribution in [0.3, 0.4) is 0 Å². The topological polar surface area (TPSA) is 49.9 Å². The Kier molecular flexibility index (Phi) is 8.87. The van der Waals surface area contributed by atoms with Crippen LogP contribution in [0.4, 0.5) is 4.39 Å². The molecule has 2 amide bonds. The Morgan fingerprint density at radius 1 is 1.22 bits per heavy atom. The summed E-state index contributed by atoms with van der Waals surface area (Å²) in [5, 5.41) is 2.71. The Morgan fingerprint density at radius 3 is 2.73 bits per heavy atom. The summed E-state index contributed by atoms with van der Waals surface area (Å²) in [6, 6.07) is 13.2. The molecule has 3 aromatic rings. The van der Waals surface area contributed by atoms with Crippen LogP contribution < -0.4 is 4.74 Å². The molecule has 0 N–H and O–H groups in total. The number of benzene rings is 2. The number of ether oxygens (including phenoxy) is 1. The molecule has 196 valence electrons. The van der Waals surface area contributed by atoms with Crippen molar-refractivity contribution in [3.63, 3.8) is 0 Å². The first-order valence-corrected chi connectivity index (χ1v) is 13.8. The van der Waals surface area contributed by atoms with Gasteiger partial charge in [-0.2, -0.15) is 0 Å². The van der Waals surface area contributed by atoms with Gasteiger partial charge in [-0.3, -0.25) is 9.59 Å². The first-order valence-electron chi connectivity index (χ1n) is 12.5. The summed E-state index contributed by atoms with van der Waals surface area (Å²) in [7, 11) is 0. The van der Waals surface area contributed by atoms with Gasteiger partial charge in [0.05, 0.1) is 11.6 Å². The van der Waals surface area contributed by atoms with Crippen molar-refractivity contribution in [2.45, 2.75) is 39.7 Å². The zero-order chi connectivity index (χ0) is 26.5. The zero-order valence-electron chi connectivity index (χ0n) is 21.4. The minimum atomic E-state index is -0.583. The van der Waals surface area contributed by atoms with Gasteiger partial charge in [0.1, 0.15) is 24.7 Å². The standard InChI is InChI=1S/C29H32ClFN2O3S/c1-19(2)10-13-32(29(35)22-6-4-5-7-25(22)31)17-28(34)33-14-11-27-23(12-15-37-27)26(33)18-36-21-8-9-24(30)20(3)16-21/h4-9,12,15-16,19,26H,10-11,13-14,17-18H2,1-3H3/t26-/m0/s1. The number of aryl methyl sites for hydroxylation is 1. The van der Waals surface area contributed by atoms with E-state index < -0.39 is 11.7 Å². The number of amides is 2. The zero-order valence-corrected chi connectivity index (χ0v) is 22.9. The first-order chi connectivity index (χ1) is 17.7. The molecule has 1 aromatic heterocycles. The number of halogens is 2. The maximum absolute atomic E-state index is 14.4. The number of fused-ring (bicyclic) bond motifs is 1. The molecule has 0 spiro atoms. The van der Waals surface area contributed by atoms with E-state index in [1.54, 1.807) is 34.4 Å². The fourth-order valence-corrected chi connectivity index (χ4v) is 5.53. The van der Waals surface area contributed by atoms with Crippen molar-refractivity contribution >= 4 is 34.8 Å². The summed E-state index contributed by atoms with van der Waals surface area (Å²) >= 11 is 7.84. The Hall–Kier alpha value is -2.90. The van der Waals surface area contributed by atoms with E-state index >= 15 is 0 Å². The highest BCUT2D eigenvalue weighted by Crippen LogP contribution is 2.34. The van der Waals surface area contributed by atoms with Crippen molar-refractivity contribution in [2.24, 2.45) is 5.92 Å². The van der Waals surface area contributed by atoms with Crippen LogP contribution in [0.5, 0.6) is 5.75 Å². The summed E-state index contributed by atoms with van der Waals surface area (Å²) in [5.74, 6) is -0.209. The number of hydrogen-bond donors (Lipinski definition) is 0. The van der Waals surface area contributed by atoms with Crippen LogP contribution >= 0.6 is 22.9 Å². The molecule has 0 radical (unpaired) electrons. The molecule has 0 bridgehead atoms. The van der Waals surface area contributed by atoms with Gasteiger partial charge in [-0.15, -0.1) is 11.3 Å². The SMILES string of the molecule is Cc1cc(OC[C@H]2c3ccsc3CCN2C(=O)CN(CCC(C)C)C(=O)c2ccccc2F)ccc1Cl. The third-order valence-corrected chi connectivity index (χ3v) is 8.07. The van der Waals surface area contributed by atoms with Crippen LogP contribution in [0.15, 0.2) is 53.9 Å². The summed E-state index contributed by atoms with van der Waals surface area (Å²) in [6.45, 7) is 7.11. The van der Waals surface area contributed by atoms with Crippen LogP contribution in [-0.2, 0) is 11.2 Å². The predicted molar refractivity (Wildman–Crippen MR) is 146 cm³/mol. The molecule has 8 heteroatoms. The third kappa shape index (κ3) is 6.51. The summed E-state index contributed by atoms with van der Waals surface area (Å²) < 4.78 is 20.6. The van der Waals surface area contributed by atoms with E-state index in [4.69, 9.17) is 16.3 Å². The summed E-state index contributed by atoms with van der Waals surface area (Å²) in [6.07, 6.45) is 1.47. The molecule has 0 saturated heterocycles. The number of thiophene rings is 1. The third-order valence-electron chi connectivity index (χ3n) is 6.65. The largest absolute Gasteiger partial charge is 0.491 e. The van der Waals surface area contributed by atoms with Crippen molar-refractivity contribution in [1.29, 1.82) is 0 Å². The van der Waals surface area contributed by atoms with Crippen molar-refractivity contribution in [3.05, 3.63) is 86.3 Å². The molecule has 1 atom stereocenters. The van der Waals surface area contributed by atoms with Gasteiger partial charge in [0.2, 0.25) is 5.91 Å². The fraction of sp³-hybridized carbons (Fsp3) is 0.379. The second-order valence-electron chi connectivity index (χ2n) is 9.76. The van der Waals surface area contributed by atoms with Gasteiger partial charge >= 0.3 is 0 Å². The smallest absolute Gasteiger partial charge is 0.257 e. The minimum Gasteiger partial charge on any atom is -0.491 e. The van der Waals surface area contributed by atoms with Crippen LogP contribution in [0.1, 0.15) is 52.7 Å². The summed E-state index contributed by atoms with van der Waals surface area (Å²) in [4.78, 5) is 31.5. The highest BCUT2D eigenvalue weighted by Gasteiger charge is 2.34. The lowest BCUT2D eigenvalue weighted by Gasteiger charge is -2.37. The molecule has 0 saturated carbocycles. The molecule has 5 nitrogen and oxygen atoms in total. The molecule has 2 heterocycles. The fourth-order valence-electron chi connectivity index (χ4n) is 4.48. The van der Waals surface area contributed by atoms with E-state index in [-0.39, 0.29) is 30.7 Å². The van der Waals surface area contributed by atoms with Gasteiger partial charge in [-0.25, -0.2) is 4.39 Å². The lowest BCUT2D eigenvalue weighted by molar-refractivity contribution is -0.135. The van der Waals surface area contributed by atoms with E-state index in [0.717, 1.165) is 17.5 Å². The molecule has 0 unspecified atom stereocenters. The highest BCUT2D eigenvalue weighted by atomic mass is 35.5. The van der Waals surface area contributed by atoms with Crippen LogP contribution in [0, 0.1) is 18.7 Å². The second kappa shape index (κ2) is 12.1. The van der Waals surface area contributed by atoms with Crippen molar-refractivity contribution in [1.82, 2.24) is 9.80 Å². The number of nitrogens with zero attached hydrogens (tertiary/aromatic N) is 2. The van der Waals surface area contributed by atoms with Crippen LogP contribution in [-0.4, -0.2) is 47.9 Å². The van der Waals surface area contributed by atoms with Crippen molar-refractivity contribution in [2.75, 3.05) is 26.2 Å². The van der Waals surface area contributed by atoms with E-state index in [1.807, 2.05) is 30.5 Å². The molecule has 0 fully saturated rings. The van der Waals surface area contributed by atoms with Gasteiger partial charge in [0.15, 0.2) is 0 Å². The molecule has 1 aliphatic rings. The maximum atomic E-state index is 14.4. The molecule has 0 aliphatic carbocycles. The van der Waals surface area contributed by atoms with Gasteiger partial charge in [-0.1, -0.05) is 37.6 Å². The highest BCUT2D eigenvalue weighted by molar-refractivity contribution is 7.10. The molecule has 37 heavy (non-hydrogen) atoms. The van der Waals surface area contributed by atoms with Crippen LogP contribution in [0.25, 0.3) is 0 Å². The lowest BCUT2D eigenvalue weighted by Crippen LogP contribution is -2.48. The first kappa shape index (κ1) is 27.1. The van der Waals surface area contributed by atoms with E-state index in [2.05, 4.69) is 13.8 Å². The number of hydrogen-bond acceptors (Lipinski definition) is 4. The molecular weight excluding hydrogens is 511 g/mol. The van der Waals surface area contributed by atoms with Gasteiger partial charge in [-0.05, 0) is 78.6 Å². The Bertz CT molecular complexity index is 1260. The number of carbonyl (C=O) groups is 2. The summed E-state index contributed by atoms with van der Waals surface area (Å²) in [5.41, 5.74) is 1.97. The van der Waals surface area contributed by atoms with E-state index in [9.17, 15) is 14.0 Å². The number of carbonyl (C=O) groups excluding carboxylic acids is 2. The Labute approximate surface area is 226 Å². The second-order valence-corrected chi connectivity index (χ2v) is 11.2. The lowest BCUT2D eigenvalue weighted by atomic mass is 10.00. The van der Waals surface area contributed by atoms with Crippen LogP contribution in [0.2, 0.25) is 5.02 Å². The molecule has 4 rings (SSSR count). The monoisotopic (exact) mass is 542 g/mol. The normalized spacial score (nSPS) is 15.0. The van der Waals surface area contributed by atoms with E-state index in [0.29, 0.717) is 36.2 Å². The average Bonchev–Trinajstić information content (AvgIpc) is 3.36. The Morgan fingerprint density at radius 2 is 2.00 bits per heavy atom. The predicted octanol–water partition coefficient (Wildman–Crippen LogP) is 6.54. The maximum Gasteiger partial charge on any atom is 0.257 e. The van der Waals surface area contributed by atoms with Gasteiger partial charge in [0.25, 0.3) is 5.91 Å². The van der Waals surface area contributed by atoms with Crippen molar-refractivity contribution < 1.29 is 18.7 Å². The van der Waals surface area contributed by atoms with Crippen molar-refractivity contribution in [3.8, 4) is 5.75 Å². The molecular formula is C29H32ClFN2O3S. The van der Waals surface area contributed by atoms with Gasteiger partial charge in [0, 0.05) is 23.0 Å². The molecule has 2 aromatic carbocycles. The minimum absolute atomic E-state index is 0.0178. The Balaban J connectivity index is 1.54. The van der Waals surface area contributed by atoms with E-state index in [1.165, 1.54) is 21.9 Å². The quantitative estimate of drug-likeness (QED) is 0.308. The number of rotatable bonds is 9. The molecule has 1 aliphatic heterocycles.